The minimum atomic E-state index is -4.40. The first kappa shape index (κ1) is 13.7. The van der Waals surface area contributed by atoms with Gasteiger partial charge in [-0.15, -0.1) is 0 Å². The van der Waals surface area contributed by atoms with E-state index in [1.807, 2.05) is 0 Å². The molecule has 2 aliphatic rings. The second-order valence-corrected chi connectivity index (χ2v) is 5.81. The van der Waals surface area contributed by atoms with Crippen molar-refractivity contribution in [1.82, 2.24) is 10.3 Å². The van der Waals surface area contributed by atoms with E-state index < -0.39 is 11.9 Å². The Morgan fingerprint density at radius 3 is 2.65 bits per heavy atom. The third kappa shape index (κ3) is 2.75. The third-order valence-corrected chi connectivity index (χ3v) is 4.21. The maximum atomic E-state index is 12.4. The summed E-state index contributed by atoms with van der Waals surface area (Å²) in [5, 5.41) is 3.39. The summed E-state index contributed by atoms with van der Waals surface area (Å²) in [5.41, 5.74) is -0.533. The van der Waals surface area contributed by atoms with Crippen molar-refractivity contribution in [2.45, 2.75) is 38.0 Å². The smallest absolute Gasteiger partial charge is 0.433 e. The van der Waals surface area contributed by atoms with Gasteiger partial charge < -0.3 is 10.1 Å². The van der Waals surface area contributed by atoms with E-state index in [0.717, 1.165) is 38.2 Å². The van der Waals surface area contributed by atoms with Crippen LogP contribution in [0.25, 0.3) is 0 Å². The van der Waals surface area contributed by atoms with Crippen molar-refractivity contribution in [2.24, 2.45) is 5.41 Å². The highest BCUT2D eigenvalue weighted by molar-refractivity contribution is 5.22. The van der Waals surface area contributed by atoms with Crippen molar-refractivity contribution < 1.29 is 17.9 Å². The molecular formula is C14H17F3N2O. The second kappa shape index (κ2) is 4.91. The highest BCUT2D eigenvalue weighted by Gasteiger charge is 2.46. The number of hydrogen-bond donors (Lipinski definition) is 1. The van der Waals surface area contributed by atoms with E-state index in [1.165, 1.54) is 18.9 Å². The molecule has 1 saturated heterocycles. The number of pyridine rings is 1. The number of nitrogens with zero attached hydrogens (tertiary/aromatic N) is 1. The molecule has 0 atom stereocenters. The number of hydrogen-bond acceptors (Lipinski definition) is 3. The molecule has 0 radical (unpaired) electrons. The van der Waals surface area contributed by atoms with Crippen molar-refractivity contribution in [3.05, 3.63) is 24.0 Å². The molecule has 0 amide bonds. The van der Waals surface area contributed by atoms with Gasteiger partial charge in [0.1, 0.15) is 11.4 Å². The molecule has 0 unspecified atom stereocenters. The van der Waals surface area contributed by atoms with E-state index in [-0.39, 0.29) is 6.10 Å². The van der Waals surface area contributed by atoms with Gasteiger partial charge in [0.15, 0.2) is 0 Å². The first-order valence-electron chi connectivity index (χ1n) is 6.88. The van der Waals surface area contributed by atoms with Gasteiger partial charge in [-0.3, -0.25) is 0 Å². The van der Waals surface area contributed by atoms with Crippen molar-refractivity contribution in [1.29, 1.82) is 0 Å². The largest absolute Gasteiger partial charge is 0.489 e. The van der Waals surface area contributed by atoms with Crippen LogP contribution in [0.1, 0.15) is 31.4 Å². The van der Waals surface area contributed by atoms with Gasteiger partial charge in [0.25, 0.3) is 0 Å². The molecule has 0 bridgehead atoms. The van der Waals surface area contributed by atoms with Crippen LogP contribution >= 0.6 is 0 Å². The van der Waals surface area contributed by atoms with Gasteiger partial charge in [-0.05, 0) is 49.8 Å². The Labute approximate surface area is 115 Å². The van der Waals surface area contributed by atoms with E-state index in [4.69, 9.17) is 4.74 Å². The van der Waals surface area contributed by atoms with Gasteiger partial charge in [-0.1, -0.05) is 0 Å². The lowest BCUT2D eigenvalue weighted by Crippen LogP contribution is -2.52. The number of piperidine rings is 1. The van der Waals surface area contributed by atoms with Crippen LogP contribution in [0.15, 0.2) is 18.3 Å². The van der Waals surface area contributed by atoms with Crippen molar-refractivity contribution >= 4 is 0 Å². The Morgan fingerprint density at radius 2 is 2.10 bits per heavy atom. The summed E-state index contributed by atoms with van der Waals surface area (Å²) in [6.07, 6.45) is 1.22. The lowest BCUT2D eigenvalue weighted by atomic mass is 9.63. The van der Waals surface area contributed by atoms with Crippen molar-refractivity contribution in [2.75, 3.05) is 13.1 Å². The Balaban J connectivity index is 1.55. The van der Waals surface area contributed by atoms with Crippen LogP contribution in [0.3, 0.4) is 0 Å². The zero-order chi connectivity index (χ0) is 14.2. The fourth-order valence-corrected chi connectivity index (χ4v) is 3.18. The van der Waals surface area contributed by atoms with Crippen LogP contribution in [0, 0.1) is 5.41 Å². The number of ether oxygens (including phenoxy) is 1. The number of alkyl halides is 3. The van der Waals surface area contributed by atoms with Gasteiger partial charge in [0, 0.05) is 6.54 Å². The average molecular weight is 286 g/mol. The molecule has 0 aromatic carbocycles. The Kier molecular flexibility index (Phi) is 3.36. The molecular weight excluding hydrogens is 269 g/mol. The lowest BCUT2D eigenvalue weighted by Gasteiger charge is -2.49. The molecule has 1 N–H and O–H groups in total. The number of halogens is 3. The lowest BCUT2D eigenvalue weighted by molar-refractivity contribution is -0.141. The summed E-state index contributed by atoms with van der Waals surface area (Å²) in [7, 11) is 0. The van der Waals surface area contributed by atoms with Crippen LogP contribution in [0.4, 0.5) is 13.2 Å². The van der Waals surface area contributed by atoms with Gasteiger partial charge in [0.05, 0.1) is 12.3 Å². The number of rotatable bonds is 2. The zero-order valence-corrected chi connectivity index (χ0v) is 11.0. The summed E-state index contributed by atoms with van der Waals surface area (Å²) in [6, 6.07) is 2.31. The fraction of sp³-hybridized carbons (Fsp3) is 0.643. The molecule has 2 heterocycles. The van der Waals surface area contributed by atoms with Crippen molar-refractivity contribution in [3.63, 3.8) is 0 Å². The molecule has 1 aliphatic heterocycles. The summed E-state index contributed by atoms with van der Waals surface area (Å²) in [6.45, 7) is 2.11. The monoisotopic (exact) mass is 286 g/mol. The minimum absolute atomic E-state index is 0.105. The molecule has 3 nitrogen and oxygen atoms in total. The number of nitrogens with one attached hydrogen (secondary N) is 1. The normalized spacial score (nSPS) is 30.1. The average Bonchev–Trinajstić information content (AvgIpc) is 2.38. The van der Waals surface area contributed by atoms with E-state index >= 15 is 0 Å². The van der Waals surface area contributed by atoms with Gasteiger partial charge in [-0.25, -0.2) is 4.98 Å². The molecule has 2 fully saturated rings. The zero-order valence-electron chi connectivity index (χ0n) is 11.0. The van der Waals surface area contributed by atoms with Crippen LogP contribution in [0.5, 0.6) is 5.75 Å². The van der Waals surface area contributed by atoms with Crippen LogP contribution in [0.2, 0.25) is 0 Å². The van der Waals surface area contributed by atoms with Crippen LogP contribution < -0.4 is 10.1 Å². The van der Waals surface area contributed by atoms with Crippen molar-refractivity contribution in [3.8, 4) is 5.75 Å². The summed E-state index contributed by atoms with van der Waals surface area (Å²) >= 11 is 0. The summed E-state index contributed by atoms with van der Waals surface area (Å²) in [4.78, 5) is 3.40. The Morgan fingerprint density at radius 1 is 1.30 bits per heavy atom. The SMILES string of the molecule is FC(F)(F)c1ccc(OC2CC3(CCCNC3)C2)cn1. The fourth-order valence-electron chi connectivity index (χ4n) is 3.18. The van der Waals surface area contributed by atoms with Gasteiger partial charge >= 0.3 is 6.18 Å². The van der Waals surface area contributed by atoms with E-state index in [1.54, 1.807) is 0 Å². The van der Waals surface area contributed by atoms with E-state index in [2.05, 4.69) is 10.3 Å². The molecule has 6 heteroatoms. The van der Waals surface area contributed by atoms with Crippen LogP contribution in [-0.2, 0) is 6.18 Å². The predicted octanol–water partition coefficient (Wildman–Crippen LogP) is 3.01. The summed E-state index contributed by atoms with van der Waals surface area (Å²) in [5.74, 6) is 0.418. The molecule has 1 spiro atoms. The minimum Gasteiger partial charge on any atom is -0.489 e. The topological polar surface area (TPSA) is 34.1 Å². The Bertz CT molecular complexity index is 458. The Hall–Kier alpha value is -1.30. The highest BCUT2D eigenvalue weighted by atomic mass is 19.4. The molecule has 1 aromatic heterocycles. The van der Waals surface area contributed by atoms with E-state index in [0.29, 0.717) is 11.2 Å². The first-order chi connectivity index (χ1) is 9.47. The first-order valence-corrected chi connectivity index (χ1v) is 6.88. The van der Waals surface area contributed by atoms with Crippen LogP contribution in [-0.4, -0.2) is 24.2 Å². The highest BCUT2D eigenvalue weighted by Crippen LogP contribution is 2.47. The molecule has 3 rings (SSSR count). The quantitative estimate of drug-likeness (QED) is 0.907. The van der Waals surface area contributed by atoms with Gasteiger partial charge in [0.2, 0.25) is 0 Å². The molecule has 110 valence electrons. The number of aromatic nitrogens is 1. The molecule has 20 heavy (non-hydrogen) atoms. The second-order valence-electron chi connectivity index (χ2n) is 5.81. The van der Waals surface area contributed by atoms with Gasteiger partial charge in [-0.2, -0.15) is 13.2 Å². The van der Waals surface area contributed by atoms with E-state index in [9.17, 15) is 13.2 Å². The standard InChI is InChI=1S/C14H17F3N2O/c15-14(16,17)12-3-2-10(8-19-12)20-11-6-13(7-11)4-1-5-18-9-13/h2-3,8,11,18H,1,4-7,9H2. The molecule has 1 aliphatic carbocycles. The predicted molar refractivity (Wildman–Crippen MR) is 67.4 cm³/mol. The maximum Gasteiger partial charge on any atom is 0.433 e. The molecule has 1 saturated carbocycles. The summed E-state index contributed by atoms with van der Waals surface area (Å²) < 4.78 is 42.9. The third-order valence-electron chi connectivity index (χ3n) is 4.21. The molecule has 1 aromatic rings. The maximum absolute atomic E-state index is 12.4.